The Balaban J connectivity index is 1.98. The molecule has 1 aliphatic rings. The zero-order valence-electron chi connectivity index (χ0n) is 13.3. The number of rotatable bonds is 5. The summed E-state index contributed by atoms with van der Waals surface area (Å²) in [6.07, 6.45) is 1.96. The van der Waals surface area contributed by atoms with Gasteiger partial charge in [0.15, 0.2) is 5.78 Å². The zero-order chi connectivity index (χ0) is 16.2. The van der Waals surface area contributed by atoms with Gasteiger partial charge in [0.2, 0.25) is 5.91 Å². The van der Waals surface area contributed by atoms with E-state index < -0.39 is 0 Å². The summed E-state index contributed by atoms with van der Waals surface area (Å²) in [5, 5.41) is 12.3. The number of ketones is 1. The summed E-state index contributed by atoms with van der Waals surface area (Å²) in [5.74, 6) is -0.197. The Hall–Kier alpha value is -1.72. The second-order valence-electron chi connectivity index (χ2n) is 6.43. The average Bonchev–Trinajstić information content (AvgIpc) is 2.47. The minimum atomic E-state index is -0.129. The van der Waals surface area contributed by atoms with Crippen molar-refractivity contribution >= 4 is 17.4 Å². The van der Waals surface area contributed by atoms with E-state index in [2.05, 4.69) is 10.2 Å². The predicted octanol–water partition coefficient (Wildman–Crippen LogP) is 1.92. The van der Waals surface area contributed by atoms with Crippen molar-refractivity contribution in [3.8, 4) is 0 Å². The maximum atomic E-state index is 12.2. The van der Waals surface area contributed by atoms with Gasteiger partial charge in [-0.25, -0.2) is 0 Å². The average molecular weight is 304 g/mol. The van der Waals surface area contributed by atoms with Gasteiger partial charge in [-0.3, -0.25) is 14.5 Å². The Morgan fingerprint density at radius 1 is 1.36 bits per heavy atom. The normalized spacial score (nSPS) is 22.3. The van der Waals surface area contributed by atoms with Gasteiger partial charge < -0.3 is 10.4 Å². The number of hydrogen-bond donors (Lipinski definition) is 2. The second-order valence-corrected chi connectivity index (χ2v) is 6.43. The number of para-hydroxylation sites is 1. The minimum absolute atomic E-state index is 0.0678. The highest BCUT2D eigenvalue weighted by Gasteiger charge is 2.31. The summed E-state index contributed by atoms with van der Waals surface area (Å²) in [6, 6.07) is 7.03. The fraction of sp³-hybridized carbons (Fsp3) is 0.529. The number of carbonyl (C=O) groups excluding carboxylic acids is 2. The van der Waals surface area contributed by atoms with Gasteiger partial charge in [0.05, 0.1) is 12.2 Å². The molecule has 2 rings (SSSR count). The first-order chi connectivity index (χ1) is 10.4. The van der Waals surface area contributed by atoms with Crippen LogP contribution in [0, 0.1) is 5.41 Å². The lowest BCUT2D eigenvalue weighted by atomic mass is 9.83. The lowest BCUT2D eigenvalue weighted by Crippen LogP contribution is -2.46. The van der Waals surface area contributed by atoms with Crippen molar-refractivity contribution in [3.63, 3.8) is 0 Å². The smallest absolute Gasteiger partial charge is 0.238 e. The number of likely N-dealkylation sites (tertiary alicyclic amines) is 1. The monoisotopic (exact) mass is 304 g/mol. The van der Waals surface area contributed by atoms with Crippen molar-refractivity contribution in [2.45, 2.75) is 26.7 Å². The Labute approximate surface area is 131 Å². The molecular formula is C17H24N2O3. The molecule has 0 radical (unpaired) electrons. The largest absolute Gasteiger partial charge is 0.396 e. The third-order valence-corrected chi connectivity index (χ3v) is 4.19. The van der Waals surface area contributed by atoms with Crippen LogP contribution in [-0.4, -0.2) is 47.9 Å². The van der Waals surface area contributed by atoms with Gasteiger partial charge in [0.1, 0.15) is 0 Å². The van der Waals surface area contributed by atoms with Crippen LogP contribution in [-0.2, 0) is 4.79 Å². The molecule has 5 heteroatoms. The molecule has 1 aromatic carbocycles. The van der Waals surface area contributed by atoms with Crippen LogP contribution < -0.4 is 5.32 Å². The SMILES string of the molecule is CC(=O)c1ccccc1NC(=O)CN1CCCC(C)(CO)C1. The van der Waals surface area contributed by atoms with Crippen molar-refractivity contribution < 1.29 is 14.7 Å². The number of aliphatic hydroxyl groups excluding tert-OH is 1. The van der Waals surface area contributed by atoms with Crippen LogP contribution in [0.15, 0.2) is 24.3 Å². The molecule has 0 aromatic heterocycles. The quantitative estimate of drug-likeness (QED) is 0.816. The van der Waals surface area contributed by atoms with Gasteiger partial charge in [0.25, 0.3) is 0 Å². The predicted molar refractivity (Wildman–Crippen MR) is 85.9 cm³/mol. The van der Waals surface area contributed by atoms with Gasteiger partial charge in [-0.15, -0.1) is 0 Å². The number of piperidine rings is 1. The maximum absolute atomic E-state index is 12.2. The molecule has 1 amide bonds. The number of benzene rings is 1. The zero-order valence-corrected chi connectivity index (χ0v) is 13.3. The fourth-order valence-electron chi connectivity index (χ4n) is 2.98. The van der Waals surface area contributed by atoms with Crippen LogP contribution in [0.1, 0.15) is 37.0 Å². The first kappa shape index (κ1) is 16.6. The number of Topliss-reactive ketones (excluding diaryl/α,β-unsaturated/α-hetero) is 1. The van der Waals surface area contributed by atoms with E-state index in [1.165, 1.54) is 6.92 Å². The number of aliphatic hydroxyl groups is 1. The Morgan fingerprint density at radius 2 is 2.09 bits per heavy atom. The molecule has 120 valence electrons. The number of amides is 1. The molecule has 1 fully saturated rings. The third-order valence-electron chi connectivity index (χ3n) is 4.19. The van der Waals surface area contributed by atoms with Crippen molar-refractivity contribution in [1.29, 1.82) is 0 Å². The van der Waals surface area contributed by atoms with Gasteiger partial charge >= 0.3 is 0 Å². The van der Waals surface area contributed by atoms with E-state index in [9.17, 15) is 14.7 Å². The van der Waals surface area contributed by atoms with E-state index in [4.69, 9.17) is 0 Å². The maximum Gasteiger partial charge on any atom is 0.238 e. The minimum Gasteiger partial charge on any atom is -0.396 e. The third kappa shape index (κ3) is 4.15. The summed E-state index contributed by atoms with van der Waals surface area (Å²) >= 11 is 0. The summed E-state index contributed by atoms with van der Waals surface area (Å²) in [7, 11) is 0. The lowest BCUT2D eigenvalue weighted by molar-refractivity contribution is -0.118. The van der Waals surface area contributed by atoms with E-state index in [1.807, 2.05) is 6.92 Å². The molecule has 1 saturated heterocycles. The molecule has 0 saturated carbocycles. The van der Waals surface area contributed by atoms with Crippen LogP contribution in [0.25, 0.3) is 0 Å². The topological polar surface area (TPSA) is 69.6 Å². The molecule has 0 bridgehead atoms. The van der Waals surface area contributed by atoms with Gasteiger partial charge in [-0.1, -0.05) is 19.1 Å². The van der Waals surface area contributed by atoms with E-state index in [0.29, 0.717) is 17.8 Å². The van der Waals surface area contributed by atoms with E-state index in [0.717, 1.165) is 19.4 Å². The van der Waals surface area contributed by atoms with Crippen molar-refractivity contribution in [3.05, 3.63) is 29.8 Å². The molecule has 1 heterocycles. The summed E-state index contributed by atoms with van der Waals surface area (Å²) in [5.41, 5.74) is 0.951. The molecule has 0 spiro atoms. The molecule has 5 nitrogen and oxygen atoms in total. The highest BCUT2D eigenvalue weighted by Crippen LogP contribution is 2.28. The highest BCUT2D eigenvalue weighted by atomic mass is 16.3. The summed E-state index contributed by atoms with van der Waals surface area (Å²) in [6.45, 7) is 5.52. The molecule has 2 N–H and O–H groups in total. The van der Waals surface area contributed by atoms with E-state index in [1.54, 1.807) is 24.3 Å². The van der Waals surface area contributed by atoms with Crippen LogP contribution in [0.3, 0.4) is 0 Å². The van der Waals surface area contributed by atoms with Crippen molar-refractivity contribution in [2.75, 3.05) is 31.6 Å². The van der Waals surface area contributed by atoms with Crippen LogP contribution in [0.5, 0.6) is 0 Å². The van der Waals surface area contributed by atoms with Gasteiger partial charge in [-0.05, 0) is 38.4 Å². The van der Waals surface area contributed by atoms with Crippen LogP contribution in [0.2, 0.25) is 0 Å². The van der Waals surface area contributed by atoms with Gasteiger partial charge in [-0.2, -0.15) is 0 Å². The standard InChI is InChI=1S/C17H24N2O3/c1-13(21)14-6-3-4-7-15(14)18-16(22)10-19-9-5-8-17(2,11-19)12-20/h3-4,6-7,20H,5,8-12H2,1-2H3,(H,18,22). The molecular weight excluding hydrogens is 280 g/mol. The van der Waals surface area contributed by atoms with Crippen molar-refractivity contribution in [1.82, 2.24) is 4.90 Å². The molecule has 1 atom stereocenters. The molecule has 1 unspecified atom stereocenters. The Bertz CT molecular complexity index is 559. The second kappa shape index (κ2) is 7.03. The number of nitrogens with zero attached hydrogens (tertiary/aromatic N) is 1. The molecule has 0 aliphatic carbocycles. The number of hydrogen-bond acceptors (Lipinski definition) is 4. The highest BCUT2D eigenvalue weighted by molar-refractivity contribution is 6.04. The number of carbonyl (C=O) groups is 2. The van der Waals surface area contributed by atoms with E-state index >= 15 is 0 Å². The first-order valence-corrected chi connectivity index (χ1v) is 7.66. The molecule has 1 aromatic rings. The lowest BCUT2D eigenvalue weighted by Gasteiger charge is -2.38. The molecule has 22 heavy (non-hydrogen) atoms. The summed E-state index contributed by atoms with van der Waals surface area (Å²) in [4.78, 5) is 25.9. The van der Waals surface area contributed by atoms with Crippen LogP contribution >= 0.6 is 0 Å². The number of nitrogens with one attached hydrogen (secondary N) is 1. The van der Waals surface area contributed by atoms with Gasteiger partial charge in [0, 0.05) is 24.1 Å². The summed E-state index contributed by atoms with van der Waals surface area (Å²) < 4.78 is 0. The van der Waals surface area contributed by atoms with Crippen molar-refractivity contribution in [2.24, 2.45) is 5.41 Å². The Kier molecular flexibility index (Phi) is 5.32. The molecule has 1 aliphatic heterocycles. The fourth-order valence-corrected chi connectivity index (χ4v) is 2.98. The number of anilines is 1. The van der Waals surface area contributed by atoms with Crippen LogP contribution in [0.4, 0.5) is 5.69 Å². The Morgan fingerprint density at radius 3 is 2.77 bits per heavy atom. The van der Waals surface area contributed by atoms with E-state index in [-0.39, 0.29) is 30.3 Å². The first-order valence-electron chi connectivity index (χ1n) is 7.66.